The molecule has 8 heteroatoms. The number of aryl methyl sites for hydroxylation is 1. The second-order valence-corrected chi connectivity index (χ2v) is 5.90. The molecule has 1 aromatic heterocycles. The summed E-state index contributed by atoms with van der Waals surface area (Å²) in [7, 11) is 0.0398. The van der Waals surface area contributed by atoms with Gasteiger partial charge in [-0.05, 0) is 36.1 Å². The molecule has 3 aromatic rings. The lowest BCUT2D eigenvalue weighted by molar-refractivity contribution is 0.146. The number of methoxy groups -OCH3 is 1. The summed E-state index contributed by atoms with van der Waals surface area (Å²) in [5.74, 6) is 0.992. The lowest BCUT2D eigenvalue weighted by atomic mass is 9.79. The Labute approximate surface area is 151 Å². The third kappa shape index (κ3) is 3.62. The van der Waals surface area contributed by atoms with Gasteiger partial charge in [-0.3, -0.25) is 0 Å². The normalized spacial score (nSPS) is 10.9. The van der Waals surface area contributed by atoms with Crippen molar-refractivity contribution >= 4 is 29.2 Å². The van der Waals surface area contributed by atoms with Crippen LogP contribution < -0.4 is 15.9 Å². The van der Waals surface area contributed by atoms with E-state index in [0.717, 1.165) is 27.6 Å². The van der Waals surface area contributed by atoms with Crippen LogP contribution in [0.4, 0.5) is 5.82 Å². The van der Waals surface area contributed by atoms with Gasteiger partial charge in [-0.2, -0.15) is 5.10 Å². The third-order valence-electron chi connectivity index (χ3n) is 4.15. The standard InChI is InChI=1S/C18H20BN3O4/c1-11-15-9-12(3-5-14(15)18(20)22-21-11)16-10-13(19(23)24)4-6-17(16)26-8-7-25-2/h3-6,9-10,23-24H,7-8H2,1-2H3,(H2,20,22). The first-order chi connectivity index (χ1) is 12.5. The predicted octanol–water partition coefficient (Wildman–Crippen LogP) is 0.892. The van der Waals surface area contributed by atoms with Gasteiger partial charge in [0.25, 0.3) is 0 Å². The Kier molecular flexibility index (Phi) is 5.36. The number of benzene rings is 2. The number of nitrogens with two attached hydrogens (primary N) is 1. The number of ether oxygens (including phenoxy) is 2. The Balaban J connectivity index is 2.12. The number of hydrogen-bond acceptors (Lipinski definition) is 7. The first-order valence-corrected chi connectivity index (χ1v) is 8.16. The fourth-order valence-corrected chi connectivity index (χ4v) is 2.77. The van der Waals surface area contributed by atoms with Crippen LogP contribution in [0.15, 0.2) is 36.4 Å². The number of hydrogen-bond donors (Lipinski definition) is 3. The summed E-state index contributed by atoms with van der Waals surface area (Å²) < 4.78 is 10.8. The molecular weight excluding hydrogens is 333 g/mol. The monoisotopic (exact) mass is 353 g/mol. The highest BCUT2D eigenvalue weighted by atomic mass is 16.5. The van der Waals surface area contributed by atoms with Gasteiger partial charge >= 0.3 is 7.12 Å². The van der Waals surface area contributed by atoms with Crippen molar-refractivity contribution in [2.24, 2.45) is 0 Å². The minimum Gasteiger partial charge on any atom is -0.491 e. The average Bonchev–Trinajstić information content (AvgIpc) is 2.65. The van der Waals surface area contributed by atoms with Crippen LogP contribution in [0.25, 0.3) is 21.9 Å². The van der Waals surface area contributed by atoms with E-state index in [0.29, 0.717) is 30.2 Å². The molecule has 3 rings (SSSR count). The Morgan fingerprint density at radius 1 is 1.04 bits per heavy atom. The summed E-state index contributed by atoms with van der Waals surface area (Å²) in [6, 6.07) is 10.7. The van der Waals surface area contributed by atoms with Crippen molar-refractivity contribution in [3.63, 3.8) is 0 Å². The van der Waals surface area contributed by atoms with Crippen LogP contribution in [-0.2, 0) is 4.74 Å². The first kappa shape index (κ1) is 18.1. The number of aromatic nitrogens is 2. The van der Waals surface area contributed by atoms with Crippen molar-refractivity contribution in [1.29, 1.82) is 0 Å². The van der Waals surface area contributed by atoms with E-state index in [-0.39, 0.29) is 0 Å². The maximum Gasteiger partial charge on any atom is 0.488 e. The van der Waals surface area contributed by atoms with Crippen molar-refractivity contribution in [3.8, 4) is 16.9 Å². The molecule has 0 aliphatic heterocycles. The van der Waals surface area contributed by atoms with E-state index >= 15 is 0 Å². The predicted molar refractivity (Wildman–Crippen MR) is 101 cm³/mol. The molecule has 0 spiro atoms. The zero-order valence-electron chi connectivity index (χ0n) is 14.6. The van der Waals surface area contributed by atoms with Gasteiger partial charge in [0.2, 0.25) is 0 Å². The van der Waals surface area contributed by atoms with Gasteiger partial charge in [-0.25, -0.2) is 0 Å². The molecular formula is C18H20BN3O4. The van der Waals surface area contributed by atoms with E-state index < -0.39 is 7.12 Å². The molecule has 0 atom stereocenters. The van der Waals surface area contributed by atoms with Crippen molar-refractivity contribution < 1.29 is 19.5 Å². The van der Waals surface area contributed by atoms with Crippen LogP contribution >= 0.6 is 0 Å². The number of nitrogen functional groups attached to an aromatic ring is 1. The highest BCUT2D eigenvalue weighted by Gasteiger charge is 2.16. The Morgan fingerprint density at radius 3 is 2.58 bits per heavy atom. The lowest BCUT2D eigenvalue weighted by Crippen LogP contribution is -2.29. The Bertz CT molecular complexity index is 934. The van der Waals surface area contributed by atoms with E-state index in [4.69, 9.17) is 15.2 Å². The molecule has 4 N–H and O–H groups in total. The second kappa shape index (κ2) is 7.69. The van der Waals surface area contributed by atoms with Crippen LogP contribution in [0.3, 0.4) is 0 Å². The highest BCUT2D eigenvalue weighted by Crippen LogP contribution is 2.33. The Hall–Kier alpha value is -2.68. The number of nitrogens with zero attached hydrogens (tertiary/aromatic N) is 2. The maximum absolute atomic E-state index is 9.51. The molecule has 134 valence electrons. The van der Waals surface area contributed by atoms with E-state index in [9.17, 15) is 10.0 Å². The molecule has 0 fully saturated rings. The number of anilines is 1. The molecule has 2 aromatic carbocycles. The molecule has 0 saturated carbocycles. The van der Waals surface area contributed by atoms with Gasteiger partial charge < -0.3 is 25.3 Å². The van der Waals surface area contributed by atoms with E-state index in [1.165, 1.54) is 0 Å². The zero-order chi connectivity index (χ0) is 18.7. The molecule has 0 amide bonds. The van der Waals surface area contributed by atoms with Gasteiger partial charge in [0.15, 0.2) is 5.82 Å². The summed E-state index contributed by atoms with van der Waals surface area (Å²) in [6.45, 7) is 2.70. The second-order valence-electron chi connectivity index (χ2n) is 5.90. The maximum atomic E-state index is 9.51. The SMILES string of the molecule is COCCOc1ccc(B(O)O)cc1-c1ccc2c(N)nnc(C)c2c1. The van der Waals surface area contributed by atoms with Crippen molar-refractivity contribution in [3.05, 3.63) is 42.1 Å². The number of fused-ring (bicyclic) bond motifs is 1. The van der Waals surface area contributed by atoms with Gasteiger partial charge in [0, 0.05) is 23.4 Å². The minimum absolute atomic E-state index is 0.369. The molecule has 0 aliphatic carbocycles. The third-order valence-corrected chi connectivity index (χ3v) is 4.15. The molecule has 0 bridgehead atoms. The van der Waals surface area contributed by atoms with Crippen LogP contribution in [-0.4, -0.2) is 47.7 Å². The highest BCUT2D eigenvalue weighted by molar-refractivity contribution is 6.58. The topological polar surface area (TPSA) is 111 Å². The van der Waals surface area contributed by atoms with Gasteiger partial charge in [-0.15, -0.1) is 5.10 Å². The van der Waals surface area contributed by atoms with E-state index in [1.54, 1.807) is 25.3 Å². The molecule has 1 heterocycles. The molecule has 26 heavy (non-hydrogen) atoms. The Morgan fingerprint density at radius 2 is 1.85 bits per heavy atom. The summed E-state index contributed by atoms with van der Waals surface area (Å²) in [4.78, 5) is 0. The minimum atomic E-state index is -1.56. The van der Waals surface area contributed by atoms with Crippen LogP contribution in [0, 0.1) is 6.92 Å². The van der Waals surface area contributed by atoms with Crippen molar-refractivity contribution in [1.82, 2.24) is 10.2 Å². The van der Waals surface area contributed by atoms with Gasteiger partial charge in [0.05, 0.1) is 12.3 Å². The smallest absolute Gasteiger partial charge is 0.488 e. The summed E-state index contributed by atoms with van der Waals surface area (Å²) in [5.41, 5.74) is 8.64. The number of rotatable bonds is 6. The molecule has 7 nitrogen and oxygen atoms in total. The average molecular weight is 353 g/mol. The fraction of sp³-hybridized carbons (Fsp3) is 0.222. The van der Waals surface area contributed by atoms with Crippen molar-refractivity contribution in [2.45, 2.75) is 6.92 Å². The first-order valence-electron chi connectivity index (χ1n) is 8.16. The lowest BCUT2D eigenvalue weighted by Gasteiger charge is -2.14. The molecule has 0 radical (unpaired) electrons. The van der Waals surface area contributed by atoms with Crippen LogP contribution in [0.5, 0.6) is 5.75 Å². The van der Waals surface area contributed by atoms with E-state index in [1.807, 2.05) is 25.1 Å². The largest absolute Gasteiger partial charge is 0.491 e. The molecule has 0 aliphatic rings. The van der Waals surface area contributed by atoms with Gasteiger partial charge in [0.1, 0.15) is 12.4 Å². The fourth-order valence-electron chi connectivity index (χ4n) is 2.77. The molecule has 0 unspecified atom stereocenters. The van der Waals surface area contributed by atoms with E-state index in [2.05, 4.69) is 10.2 Å². The molecule has 0 saturated heterocycles. The summed E-state index contributed by atoms with van der Waals surface area (Å²) >= 11 is 0. The van der Waals surface area contributed by atoms with Crippen LogP contribution in [0.2, 0.25) is 0 Å². The van der Waals surface area contributed by atoms with Crippen LogP contribution in [0.1, 0.15) is 5.69 Å². The zero-order valence-corrected chi connectivity index (χ0v) is 14.6. The quantitative estimate of drug-likeness (QED) is 0.446. The van der Waals surface area contributed by atoms with Gasteiger partial charge in [-0.1, -0.05) is 18.2 Å². The summed E-state index contributed by atoms with van der Waals surface area (Å²) in [5, 5.41) is 28.7. The van der Waals surface area contributed by atoms with Crippen molar-refractivity contribution in [2.75, 3.05) is 26.1 Å². The summed E-state index contributed by atoms with van der Waals surface area (Å²) in [6.07, 6.45) is 0.